The molecule has 5 aromatic rings. The summed E-state index contributed by atoms with van der Waals surface area (Å²) in [6.07, 6.45) is 0. The number of benzene rings is 2. The fraction of sp³-hybridized carbons (Fsp3) is 0.154. The molecular weight excluding hydrogens is 466 g/mol. The van der Waals surface area contributed by atoms with Crippen molar-refractivity contribution in [3.63, 3.8) is 0 Å². The molecule has 0 saturated carbocycles. The van der Waals surface area contributed by atoms with Crippen LogP contribution in [0.4, 0.5) is 5.69 Å². The van der Waals surface area contributed by atoms with Crippen LogP contribution >= 0.6 is 11.3 Å². The summed E-state index contributed by atoms with van der Waals surface area (Å²) in [6.45, 7) is 3.82. The van der Waals surface area contributed by atoms with Crippen LogP contribution < -0.4 is 10.9 Å². The van der Waals surface area contributed by atoms with Crippen molar-refractivity contribution in [3.8, 4) is 0 Å². The van der Waals surface area contributed by atoms with Gasteiger partial charge in [0.1, 0.15) is 21.9 Å². The Bertz CT molecular complexity index is 1630. The monoisotopic (exact) mass is 487 g/mol. The average molecular weight is 488 g/mol. The molecule has 0 aliphatic rings. The van der Waals surface area contributed by atoms with Crippen LogP contribution in [0, 0.1) is 6.92 Å². The molecule has 0 atom stereocenters. The van der Waals surface area contributed by atoms with E-state index < -0.39 is 11.6 Å². The van der Waals surface area contributed by atoms with Crippen LogP contribution in [0.5, 0.6) is 0 Å². The summed E-state index contributed by atoms with van der Waals surface area (Å²) in [4.78, 5) is 37.6. The van der Waals surface area contributed by atoms with E-state index in [9.17, 15) is 14.4 Å². The van der Waals surface area contributed by atoms with Crippen molar-refractivity contribution < 1.29 is 18.7 Å². The van der Waals surface area contributed by atoms with Crippen LogP contribution in [0.25, 0.3) is 21.2 Å². The third kappa shape index (κ3) is 4.71. The second-order valence-electron chi connectivity index (χ2n) is 8.12. The highest BCUT2D eigenvalue weighted by Crippen LogP contribution is 2.30. The Labute approximate surface area is 203 Å². The van der Waals surface area contributed by atoms with Gasteiger partial charge in [-0.1, -0.05) is 30.3 Å². The van der Waals surface area contributed by atoms with E-state index >= 15 is 0 Å². The van der Waals surface area contributed by atoms with Crippen LogP contribution in [-0.4, -0.2) is 21.7 Å². The van der Waals surface area contributed by atoms with Gasteiger partial charge in [-0.2, -0.15) is 5.10 Å². The van der Waals surface area contributed by atoms with Crippen molar-refractivity contribution in [2.45, 2.75) is 27.0 Å². The Hall–Kier alpha value is -4.24. The van der Waals surface area contributed by atoms with Crippen LogP contribution in [0.1, 0.15) is 33.4 Å². The number of hydrogen-bond donors (Lipinski definition) is 1. The number of ether oxygens (including phenoxy) is 1. The number of hydrogen-bond acceptors (Lipinski definition) is 7. The molecule has 8 nitrogen and oxygen atoms in total. The molecule has 1 N–H and O–H groups in total. The first-order valence-corrected chi connectivity index (χ1v) is 11.7. The molecule has 0 aliphatic heterocycles. The molecule has 0 fully saturated rings. The Kier molecular flexibility index (Phi) is 5.92. The molecule has 3 heterocycles. The molecule has 0 bridgehead atoms. The maximum Gasteiger partial charge on any atom is 0.348 e. The Morgan fingerprint density at radius 2 is 1.89 bits per heavy atom. The molecule has 0 saturated heterocycles. The van der Waals surface area contributed by atoms with Gasteiger partial charge in [0.2, 0.25) is 5.91 Å². The fourth-order valence-corrected chi connectivity index (χ4v) is 4.98. The SMILES string of the molecule is CC(=O)Nc1ccc2c(COC(=O)c3cc4c(C)nn(Cc5ccccc5)c4s3)cc(=O)oc2c1. The predicted octanol–water partition coefficient (Wildman–Crippen LogP) is 4.88. The molecule has 1 amide bonds. The van der Waals surface area contributed by atoms with E-state index in [0.717, 1.165) is 21.5 Å². The summed E-state index contributed by atoms with van der Waals surface area (Å²) in [5, 5.41) is 8.80. The van der Waals surface area contributed by atoms with Gasteiger partial charge in [0.05, 0.1) is 12.2 Å². The van der Waals surface area contributed by atoms with Crippen LogP contribution in [0.2, 0.25) is 0 Å². The standard InChI is InChI=1S/C26H21N3O5S/c1-15-21-12-23(35-25(21)29(28-15)13-17-6-4-3-5-7-17)26(32)33-14-18-10-24(31)34-22-11-19(27-16(2)30)8-9-20(18)22/h3-12H,13-14H2,1-2H3,(H,27,30). The second kappa shape index (κ2) is 9.19. The largest absolute Gasteiger partial charge is 0.457 e. The molecule has 0 radical (unpaired) electrons. The summed E-state index contributed by atoms with van der Waals surface area (Å²) >= 11 is 1.33. The minimum absolute atomic E-state index is 0.0935. The highest BCUT2D eigenvalue weighted by atomic mass is 32.1. The van der Waals surface area contributed by atoms with Gasteiger partial charge in [-0.25, -0.2) is 9.59 Å². The van der Waals surface area contributed by atoms with Crippen molar-refractivity contribution in [1.29, 1.82) is 0 Å². The van der Waals surface area contributed by atoms with Crippen molar-refractivity contribution in [2.24, 2.45) is 0 Å². The number of carbonyl (C=O) groups is 2. The molecule has 5 rings (SSSR count). The van der Waals surface area contributed by atoms with Crippen molar-refractivity contribution in [2.75, 3.05) is 5.32 Å². The zero-order chi connectivity index (χ0) is 24.5. The molecule has 176 valence electrons. The molecule has 9 heteroatoms. The molecule has 0 aliphatic carbocycles. The number of esters is 1. The van der Waals surface area contributed by atoms with Crippen LogP contribution in [0.15, 0.2) is 69.9 Å². The lowest BCUT2D eigenvalue weighted by molar-refractivity contribution is -0.114. The zero-order valence-electron chi connectivity index (χ0n) is 19.0. The van der Waals surface area contributed by atoms with E-state index in [1.807, 2.05) is 41.9 Å². The minimum atomic E-state index is -0.568. The lowest BCUT2D eigenvalue weighted by Gasteiger charge is -2.08. The topological polar surface area (TPSA) is 103 Å². The van der Waals surface area contributed by atoms with Gasteiger partial charge in [-0.3, -0.25) is 9.48 Å². The highest BCUT2D eigenvalue weighted by Gasteiger charge is 2.18. The van der Waals surface area contributed by atoms with E-state index in [0.29, 0.717) is 33.6 Å². The Morgan fingerprint density at radius 3 is 2.66 bits per heavy atom. The quantitative estimate of drug-likeness (QED) is 0.271. The molecular formula is C26H21N3O5S. The molecule has 35 heavy (non-hydrogen) atoms. The summed E-state index contributed by atoms with van der Waals surface area (Å²) in [5.74, 6) is -0.713. The molecule has 3 aromatic heterocycles. The third-order valence-corrected chi connectivity index (χ3v) is 6.62. The zero-order valence-corrected chi connectivity index (χ0v) is 19.8. The van der Waals surface area contributed by atoms with Gasteiger partial charge in [-0.15, -0.1) is 11.3 Å². The van der Waals surface area contributed by atoms with Crippen molar-refractivity contribution >= 4 is 50.1 Å². The van der Waals surface area contributed by atoms with Gasteiger partial charge in [0.15, 0.2) is 0 Å². The number of fused-ring (bicyclic) bond motifs is 2. The number of anilines is 1. The van der Waals surface area contributed by atoms with Crippen molar-refractivity contribution in [1.82, 2.24) is 9.78 Å². The number of amides is 1. The summed E-state index contributed by atoms with van der Waals surface area (Å²) in [7, 11) is 0. The lowest BCUT2D eigenvalue weighted by atomic mass is 10.1. The summed E-state index contributed by atoms with van der Waals surface area (Å²) in [5.41, 5.74) is 2.72. The molecule has 0 spiro atoms. The van der Waals surface area contributed by atoms with Crippen LogP contribution in [-0.2, 0) is 22.7 Å². The van der Waals surface area contributed by atoms with Gasteiger partial charge >= 0.3 is 11.6 Å². The summed E-state index contributed by atoms with van der Waals surface area (Å²) in [6, 6.07) is 18.1. The van der Waals surface area contributed by atoms with E-state index in [4.69, 9.17) is 9.15 Å². The first kappa shape index (κ1) is 22.5. The fourth-order valence-electron chi connectivity index (χ4n) is 3.92. The Morgan fingerprint density at radius 1 is 1.09 bits per heavy atom. The third-order valence-electron chi connectivity index (χ3n) is 5.49. The predicted molar refractivity (Wildman–Crippen MR) is 134 cm³/mol. The second-order valence-corrected chi connectivity index (χ2v) is 9.15. The Balaban J connectivity index is 1.37. The van der Waals surface area contributed by atoms with Crippen LogP contribution in [0.3, 0.4) is 0 Å². The molecule has 0 unspecified atom stereocenters. The van der Waals surface area contributed by atoms with Gasteiger partial charge in [-0.05, 0) is 30.7 Å². The maximum absolute atomic E-state index is 12.9. The average Bonchev–Trinajstić information content (AvgIpc) is 3.38. The number of aromatic nitrogens is 2. The minimum Gasteiger partial charge on any atom is -0.457 e. The first-order valence-electron chi connectivity index (χ1n) is 10.9. The van der Waals surface area contributed by atoms with Crippen molar-refractivity contribution in [3.05, 3.63) is 92.8 Å². The number of thiophene rings is 1. The van der Waals surface area contributed by atoms with E-state index in [2.05, 4.69) is 10.4 Å². The van der Waals surface area contributed by atoms with Gasteiger partial charge in [0.25, 0.3) is 0 Å². The highest BCUT2D eigenvalue weighted by molar-refractivity contribution is 7.20. The van der Waals surface area contributed by atoms with E-state index in [-0.39, 0.29) is 12.5 Å². The smallest absolute Gasteiger partial charge is 0.348 e. The first-order chi connectivity index (χ1) is 16.9. The van der Waals surface area contributed by atoms with Gasteiger partial charge in [0, 0.05) is 41.1 Å². The summed E-state index contributed by atoms with van der Waals surface area (Å²) < 4.78 is 12.7. The number of nitrogens with zero attached hydrogens (tertiary/aromatic N) is 2. The lowest BCUT2D eigenvalue weighted by Crippen LogP contribution is -2.08. The molecule has 2 aromatic carbocycles. The number of nitrogens with one attached hydrogen (secondary N) is 1. The van der Waals surface area contributed by atoms with E-state index in [1.165, 1.54) is 24.3 Å². The maximum atomic E-state index is 12.9. The van der Waals surface area contributed by atoms with E-state index in [1.54, 1.807) is 24.3 Å². The normalized spacial score (nSPS) is 11.1. The number of carbonyl (C=O) groups excluding carboxylic acids is 2. The number of aryl methyl sites for hydroxylation is 1. The number of rotatable bonds is 6. The van der Waals surface area contributed by atoms with Gasteiger partial charge < -0.3 is 14.5 Å².